The molecule has 2 heterocycles. The highest BCUT2D eigenvalue weighted by molar-refractivity contribution is 9.10. The van der Waals surface area contributed by atoms with Gasteiger partial charge in [0, 0.05) is 16.8 Å². The van der Waals surface area contributed by atoms with Crippen molar-refractivity contribution >= 4 is 55.4 Å². The molecule has 1 unspecified atom stereocenters. The fourth-order valence-corrected chi connectivity index (χ4v) is 3.26. The SMILES string of the molecule is COc1cc2c(cc1NC(=O)C(C)OC(=O)c1ccc(Br)o1)oc1ccccc12. The number of hydrogen-bond acceptors (Lipinski definition) is 6. The highest BCUT2D eigenvalue weighted by atomic mass is 79.9. The van der Waals surface area contributed by atoms with Gasteiger partial charge in [-0.15, -0.1) is 0 Å². The number of methoxy groups -OCH3 is 1. The fourth-order valence-electron chi connectivity index (χ4n) is 2.95. The number of rotatable bonds is 5. The van der Waals surface area contributed by atoms with Crippen LogP contribution in [0.25, 0.3) is 21.9 Å². The average molecular weight is 458 g/mol. The molecule has 0 aliphatic rings. The predicted molar refractivity (Wildman–Crippen MR) is 110 cm³/mol. The van der Waals surface area contributed by atoms with E-state index in [-0.39, 0.29) is 5.76 Å². The molecule has 2 aromatic carbocycles. The maximum Gasteiger partial charge on any atom is 0.375 e. The number of benzene rings is 2. The van der Waals surface area contributed by atoms with E-state index >= 15 is 0 Å². The summed E-state index contributed by atoms with van der Waals surface area (Å²) in [6, 6.07) is 14.1. The normalized spacial score (nSPS) is 12.1. The summed E-state index contributed by atoms with van der Waals surface area (Å²) in [5.74, 6) is -0.792. The van der Waals surface area contributed by atoms with Crippen molar-refractivity contribution in [3.05, 3.63) is 59.0 Å². The van der Waals surface area contributed by atoms with Gasteiger partial charge in [-0.1, -0.05) is 18.2 Å². The summed E-state index contributed by atoms with van der Waals surface area (Å²) in [6.45, 7) is 1.47. The topological polar surface area (TPSA) is 90.9 Å². The lowest BCUT2D eigenvalue weighted by molar-refractivity contribution is -0.123. The Hall–Kier alpha value is -3.26. The molecule has 0 aliphatic carbocycles. The second kappa shape index (κ2) is 7.63. The fraction of sp³-hybridized carbons (Fsp3) is 0.143. The minimum absolute atomic E-state index is 0.00204. The van der Waals surface area contributed by atoms with E-state index in [1.165, 1.54) is 20.1 Å². The van der Waals surface area contributed by atoms with Gasteiger partial charge in [-0.25, -0.2) is 4.79 Å². The van der Waals surface area contributed by atoms with Crippen LogP contribution in [0, 0.1) is 0 Å². The molecular weight excluding hydrogens is 442 g/mol. The van der Waals surface area contributed by atoms with Gasteiger partial charge in [-0.2, -0.15) is 0 Å². The molecule has 148 valence electrons. The van der Waals surface area contributed by atoms with Crippen LogP contribution in [0.5, 0.6) is 5.75 Å². The maximum absolute atomic E-state index is 12.5. The van der Waals surface area contributed by atoms with Crippen molar-refractivity contribution in [2.24, 2.45) is 0 Å². The minimum Gasteiger partial charge on any atom is -0.495 e. The van der Waals surface area contributed by atoms with E-state index in [9.17, 15) is 9.59 Å². The summed E-state index contributed by atoms with van der Waals surface area (Å²) in [5.41, 5.74) is 1.75. The summed E-state index contributed by atoms with van der Waals surface area (Å²) >= 11 is 3.11. The van der Waals surface area contributed by atoms with Crippen LogP contribution in [0.4, 0.5) is 5.69 Å². The number of anilines is 1. The van der Waals surface area contributed by atoms with Crippen molar-refractivity contribution in [1.29, 1.82) is 0 Å². The molecule has 7 nitrogen and oxygen atoms in total. The third-order valence-corrected chi connectivity index (χ3v) is 4.81. The molecule has 1 amide bonds. The van der Waals surface area contributed by atoms with E-state index in [2.05, 4.69) is 21.2 Å². The van der Waals surface area contributed by atoms with Crippen molar-refractivity contribution in [3.8, 4) is 5.75 Å². The Labute approximate surface area is 173 Å². The van der Waals surface area contributed by atoms with Crippen LogP contribution in [-0.2, 0) is 9.53 Å². The number of carbonyl (C=O) groups excluding carboxylic acids is 2. The van der Waals surface area contributed by atoms with Crippen molar-refractivity contribution in [2.75, 3.05) is 12.4 Å². The summed E-state index contributed by atoms with van der Waals surface area (Å²) < 4.78 is 22.0. The van der Waals surface area contributed by atoms with Crippen LogP contribution in [0.3, 0.4) is 0 Å². The Morgan fingerprint density at radius 2 is 1.83 bits per heavy atom. The minimum atomic E-state index is -1.05. The number of amides is 1. The van der Waals surface area contributed by atoms with Gasteiger partial charge in [0.2, 0.25) is 5.76 Å². The number of carbonyl (C=O) groups is 2. The van der Waals surface area contributed by atoms with Crippen LogP contribution in [0.1, 0.15) is 17.5 Å². The summed E-state index contributed by atoms with van der Waals surface area (Å²) in [7, 11) is 1.51. The number of furan rings is 2. The first kappa shape index (κ1) is 19.1. The van der Waals surface area contributed by atoms with E-state index in [0.29, 0.717) is 21.7 Å². The zero-order valence-corrected chi connectivity index (χ0v) is 17.1. The Morgan fingerprint density at radius 1 is 1.03 bits per heavy atom. The maximum atomic E-state index is 12.5. The first-order valence-electron chi connectivity index (χ1n) is 8.72. The van der Waals surface area contributed by atoms with E-state index < -0.39 is 18.0 Å². The van der Waals surface area contributed by atoms with E-state index in [4.69, 9.17) is 18.3 Å². The molecule has 8 heteroatoms. The molecule has 0 saturated heterocycles. The first-order chi connectivity index (χ1) is 14.0. The molecule has 2 aromatic heterocycles. The Bertz CT molecular complexity index is 1220. The number of esters is 1. The summed E-state index contributed by atoms with van der Waals surface area (Å²) in [4.78, 5) is 24.6. The quantitative estimate of drug-likeness (QED) is 0.417. The van der Waals surface area contributed by atoms with Crippen LogP contribution < -0.4 is 10.1 Å². The van der Waals surface area contributed by atoms with Gasteiger partial charge in [-0.05, 0) is 47.1 Å². The number of halogens is 1. The van der Waals surface area contributed by atoms with Gasteiger partial charge >= 0.3 is 5.97 Å². The summed E-state index contributed by atoms with van der Waals surface area (Å²) in [5, 5.41) is 4.54. The number of fused-ring (bicyclic) bond motifs is 3. The second-order valence-electron chi connectivity index (χ2n) is 6.29. The molecule has 29 heavy (non-hydrogen) atoms. The lowest BCUT2D eigenvalue weighted by Gasteiger charge is -2.14. The molecule has 0 radical (unpaired) electrons. The van der Waals surface area contributed by atoms with Crippen LogP contribution >= 0.6 is 15.9 Å². The molecule has 4 aromatic rings. The van der Waals surface area contributed by atoms with Gasteiger partial charge in [0.05, 0.1) is 12.8 Å². The van der Waals surface area contributed by atoms with Gasteiger partial charge in [-0.3, -0.25) is 4.79 Å². The number of hydrogen-bond donors (Lipinski definition) is 1. The first-order valence-corrected chi connectivity index (χ1v) is 9.52. The number of nitrogens with one attached hydrogen (secondary N) is 1. The van der Waals surface area contributed by atoms with Gasteiger partial charge in [0.1, 0.15) is 16.9 Å². The van der Waals surface area contributed by atoms with E-state index in [1.54, 1.807) is 18.2 Å². The third-order valence-electron chi connectivity index (χ3n) is 4.38. The zero-order valence-electron chi connectivity index (χ0n) is 15.5. The molecule has 4 rings (SSSR count). The molecule has 0 bridgehead atoms. The second-order valence-corrected chi connectivity index (χ2v) is 7.07. The van der Waals surface area contributed by atoms with Gasteiger partial charge in [0.25, 0.3) is 5.91 Å². The van der Waals surface area contributed by atoms with Crippen molar-refractivity contribution in [1.82, 2.24) is 0 Å². The van der Waals surface area contributed by atoms with Crippen LogP contribution in [0.2, 0.25) is 0 Å². The van der Waals surface area contributed by atoms with Crippen molar-refractivity contribution in [3.63, 3.8) is 0 Å². The Balaban J connectivity index is 1.56. The lowest BCUT2D eigenvalue weighted by atomic mass is 10.1. The van der Waals surface area contributed by atoms with Gasteiger partial charge in [0.15, 0.2) is 10.8 Å². The molecule has 0 spiro atoms. The highest BCUT2D eigenvalue weighted by Crippen LogP contribution is 2.36. The lowest BCUT2D eigenvalue weighted by Crippen LogP contribution is -2.30. The predicted octanol–water partition coefficient (Wildman–Crippen LogP) is 5.13. The molecule has 0 aliphatic heterocycles. The monoisotopic (exact) mass is 457 g/mol. The average Bonchev–Trinajstić information content (AvgIpc) is 3.30. The third kappa shape index (κ3) is 3.71. The Kier molecular flexibility index (Phi) is 5.02. The zero-order chi connectivity index (χ0) is 20.5. The molecule has 1 N–H and O–H groups in total. The smallest absolute Gasteiger partial charge is 0.375 e. The largest absolute Gasteiger partial charge is 0.495 e. The molecule has 1 atom stereocenters. The Morgan fingerprint density at radius 3 is 2.55 bits per heavy atom. The van der Waals surface area contributed by atoms with Crippen molar-refractivity contribution < 1.29 is 27.9 Å². The van der Waals surface area contributed by atoms with Crippen molar-refractivity contribution in [2.45, 2.75) is 13.0 Å². The van der Waals surface area contributed by atoms with Crippen LogP contribution in [0.15, 0.2) is 62.0 Å². The standard InChI is InChI=1S/C21H16BrNO6/c1-11(27-21(25)16-7-8-19(22)29-16)20(24)23-14-10-17-13(9-18(14)26-2)12-5-3-4-6-15(12)28-17/h3-11H,1-2H3,(H,23,24). The summed E-state index contributed by atoms with van der Waals surface area (Å²) in [6.07, 6.45) is -1.05. The van der Waals surface area contributed by atoms with Gasteiger partial charge < -0.3 is 23.6 Å². The molecular formula is C21H16BrNO6. The van der Waals surface area contributed by atoms with E-state index in [1.807, 2.05) is 24.3 Å². The van der Waals surface area contributed by atoms with E-state index in [0.717, 1.165) is 16.4 Å². The number of ether oxygens (including phenoxy) is 2. The molecule has 0 fully saturated rings. The number of para-hydroxylation sites is 1. The highest BCUT2D eigenvalue weighted by Gasteiger charge is 2.23. The molecule has 0 saturated carbocycles. The van der Waals surface area contributed by atoms with Crippen LogP contribution in [-0.4, -0.2) is 25.1 Å².